The van der Waals surface area contributed by atoms with Gasteiger partial charge in [0, 0.05) is 26.3 Å². The number of nitrogens with one attached hydrogen (secondary N) is 1. The van der Waals surface area contributed by atoms with E-state index in [-0.39, 0.29) is 10.1 Å². The fraction of sp³-hybridized carbons (Fsp3) is 0.250. The quantitative estimate of drug-likeness (QED) is 0.574. The van der Waals surface area contributed by atoms with Crippen molar-refractivity contribution in [1.82, 2.24) is 14.6 Å². The maximum atomic E-state index is 12.6. The molecule has 2 aromatic rings. The summed E-state index contributed by atoms with van der Waals surface area (Å²) in [5.74, 6) is -0.265. The Morgan fingerprint density at radius 3 is 2.83 bits per heavy atom. The first kappa shape index (κ1) is 18.3. The molecule has 1 N–H and O–H groups in total. The standard InChI is InChI=1S/C16H19N3O3S2/c1-3-15(20)18-11-6-12-19(2)24(21,22)16-9-8-14(23-16)13-7-4-5-10-17-13/h3-5,7-10H,1,6,11-12H2,2H3,(H,18,20). The number of carbonyl (C=O) groups is 1. The van der Waals surface area contributed by atoms with Crippen LogP contribution in [-0.4, -0.2) is 43.8 Å². The number of pyridine rings is 1. The van der Waals surface area contributed by atoms with Crippen LogP contribution in [0.5, 0.6) is 0 Å². The lowest BCUT2D eigenvalue weighted by Crippen LogP contribution is -2.30. The number of carbonyl (C=O) groups excluding carboxylic acids is 1. The number of thiophene rings is 1. The third kappa shape index (κ3) is 4.50. The fourth-order valence-electron chi connectivity index (χ4n) is 1.96. The van der Waals surface area contributed by atoms with Gasteiger partial charge in [0.25, 0.3) is 10.0 Å². The van der Waals surface area contributed by atoms with Crippen LogP contribution in [-0.2, 0) is 14.8 Å². The highest BCUT2D eigenvalue weighted by atomic mass is 32.2. The largest absolute Gasteiger partial charge is 0.353 e. The van der Waals surface area contributed by atoms with Gasteiger partial charge >= 0.3 is 0 Å². The highest BCUT2D eigenvalue weighted by Gasteiger charge is 2.22. The normalized spacial score (nSPS) is 11.4. The fourth-order valence-corrected chi connectivity index (χ4v) is 4.67. The van der Waals surface area contributed by atoms with Crippen LogP contribution in [0.3, 0.4) is 0 Å². The molecule has 0 spiro atoms. The smallest absolute Gasteiger partial charge is 0.252 e. The van der Waals surface area contributed by atoms with Crippen LogP contribution >= 0.6 is 11.3 Å². The molecule has 0 aliphatic carbocycles. The van der Waals surface area contributed by atoms with Gasteiger partial charge in [-0.15, -0.1) is 11.3 Å². The molecule has 6 nitrogen and oxygen atoms in total. The van der Waals surface area contributed by atoms with Gasteiger partial charge in [-0.3, -0.25) is 9.78 Å². The van der Waals surface area contributed by atoms with Gasteiger partial charge in [-0.2, -0.15) is 0 Å². The average Bonchev–Trinajstić information content (AvgIpc) is 3.09. The van der Waals surface area contributed by atoms with Crippen LogP contribution in [0.4, 0.5) is 0 Å². The summed E-state index contributed by atoms with van der Waals surface area (Å²) in [5.41, 5.74) is 0.749. The van der Waals surface area contributed by atoms with E-state index < -0.39 is 10.0 Å². The minimum atomic E-state index is -3.54. The molecule has 24 heavy (non-hydrogen) atoms. The van der Waals surface area contributed by atoms with E-state index in [1.807, 2.05) is 18.2 Å². The average molecular weight is 365 g/mol. The number of sulfonamides is 1. The third-order valence-electron chi connectivity index (χ3n) is 3.30. The lowest BCUT2D eigenvalue weighted by atomic mass is 10.3. The van der Waals surface area contributed by atoms with Crippen LogP contribution < -0.4 is 5.32 Å². The molecule has 0 saturated heterocycles. The van der Waals surface area contributed by atoms with E-state index in [4.69, 9.17) is 0 Å². The Labute approximate surface area is 145 Å². The molecule has 8 heteroatoms. The summed E-state index contributed by atoms with van der Waals surface area (Å²) >= 11 is 1.19. The molecule has 0 fully saturated rings. The molecule has 0 bridgehead atoms. The molecule has 128 valence electrons. The zero-order valence-corrected chi connectivity index (χ0v) is 14.9. The van der Waals surface area contributed by atoms with E-state index in [1.165, 1.54) is 28.8 Å². The highest BCUT2D eigenvalue weighted by molar-refractivity contribution is 7.91. The molecule has 1 amide bonds. The minimum Gasteiger partial charge on any atom is -0.353 e. The second kappa shape index (κ2) is 8.18. The van der Waals surface area contributed by atoms with Crippen molar-refractivity contribution in [3.63, 3.8) is 0 Å². The van der Waals surface area contributed by atoms with Crippen molar-refractivity contribution < 1.29 is 13.2 Å². The Hall–Kier alpha value is -2.03. The Morgan fingerprint density at radius 1 is 1.38 bits per heavy atom. The lowest BCUT2D eigenvalue weighted by Gasteiger charge is -2.15. The van der Waals surface area contributed by atoms with Crippen molar-refractivity contribution in [3.05, 3.63) is 49.2 Å². The van der Waals surface area contributed by atoms with Gasteiger partial charge in [-0.25, -0.2) is 12.7 Å². The SMILES string of the molecule is C=CC(=O)NCCCN(C)S(=O)(=O)c1ccc(-c2ccccn2)s1. The number of amides is 1. The second-order valence-corrected chi connectivity index (χ2v) is 8.36. The van der Waals surface area contributed by atoms with E-state index in [0.717, 1.165) is 10.6 Å². The summed E-state index contributed by atoms with van der Waals surface area (Å²) in [6.07, 6.45) is 3.38. The topological polar surface area (TPSA) is 79.4 Å². The number of rotatable bonds is 8. The summed E-state index contributed by atoms with van der Waals surface area (Å²) in [5, 5.41) is 2.62. The molecule has 0 unspecified atom stereocenters. The van der Waals surface area contributed by atoms with Gasteiger partial charge in [-0.1, -0.05) is 12.6 Å². The molecule has 0 saturated carbocycles. The Balaban J connectivity index is 2.01. The van der Waals surface area contributed by atoms with E-state index in [0.29, 0.717) is 19.5 Å². The molecule has 2 heterocycles. The van der Waals surface area contributed by atoms with Crippen LogP contribution in [0.25, 0.3) is 10.6 Å². The molecular weight excluding hydrogens is 346 g/mol. The molecule has 0 atom stereocenters. The summed E-state index contributed by atoms with van der Waals surface area (Å²) < 4.78 is 26.7. The third-order valence-corrected chi connectivity index (χ3v) is 6.73. The summed E-state index contributed by atoms with van der Waals surface area (Å²) in [7, 11) is -2.01. The molecule has 0 aromatic carbocycles. The highest BCUT2D eigenvalue weighted by Crippen LogP contribution is 2.30. The van der Waals surface area contributed by atoms with Crippen LogP contribution in [0.15, 0.2) is 53.4 Å². The Morgan fingerprint density at radius 2 is 2.17 bits per heavy atom. The van der Waals surface area contributed by atoms with Gasteiger partial charge in [0.15, 0.2) is 0 Å². The lowest BCUT2D eigenvalue weighted by molar-refractivity contribution is -0.116. The van der Waals surface area contributed by atoms with Crippen LogP contribution in [0, 0.1) is 0 Å². The zero-order valence-electron chi connectivity index (χ0n) is 13.3. The maximum absolute atomic E-state index is 12.6. The van der Waals surface area contributed by atoms with Gasteiger partial charge in [0.2, 0.25) is 5.91 Å². The number of aromatic nitrogens is 1. The predicted octanol–water partition coefficient (Wildman–Crippen LogP) is 2.12. The minimum absolute atomic E-state index is 0.265. The van der Waals surface area contributed by atoms with Crippen molar-refractivity contribution in [3.8, 4) is 10.6 Å². The number of hydrogen-bond acceptors (Lipinski definition) is 5. The Bertz CT molecular complexity index is 801. The van der Waals surface area contributed by atoms with Crippen molar-refractivity contribution in [2.24, 2.45) is 0 Å². The molecule has 2 aromatic heterocycles. The first-order valence-corrected chi connectivity index (χ1v) is 9.58. The van der Waals surface area contributed by atoms with Gasteiger partial charge in [0.1, 0.15) is 4.21 Å². The van der Waals surface area contributed by atoms with Gasteiger partial charge in [0.05, 0.1) is 10.6 Å². The molecule has 0 radical (unpaired) electrons. The van der Waals surface area contributed by atoms with E-state index in [9.17, 15) is 13.2 Å². The second-order valence-electron chi connectivity index (χ2n) is 5.01. The van der Waals surface area contributed by atoms with Crippen molar-refractivity contribution in [2.45, 2.75) is 10.6 Å². The van der Waals surface area contributed by atoms with Gasteiger partial charge in [-0.05, 0) is 36.8 Å². The molecule has 0 aliphatic heterocycles. The Kier molecular flexibility index (Phi) is 6.24. The predicted molar refractivity (Wildman–Crippen MR) is 95.2 cm³/mol. The molecular formula is C16H19N3O3S2. The number of nitrogens with zero attached hydrogens (tertiary/aromatic N) is 2. The molecule has 0 aliphatic rings. The van der Waals surface area contributed by atoms with Crippen LogP contribution in [0.2, 0.25) is 0 Å². The van der Waals surface area contributed by atoms with E-state index >= 15 is 0 Å². The first-order valence-electron chi connectivity index (χ1n) is 7.33. The molecule has 2 rings (SSSR count). The van der Waals surface area contributed by atoms with Crippen molar-refractivity contribution in [2.75, 3.05) is 20.1 Å². The zero-order chi connectivity index (χ0) is 17.6. The number of hydrogen-bond donors (Lipinski definition) is 1. The van der Waals surface area contributed by atoms with Gasteiger partial charge < -0.3 is 5.32 Å². The summed E-state index contributed by atoms with van der Waals surface area (Å²) in [6.45, 7) is 4.07. The van der Waals surface area contributed by atoms with Crippen LogP contribution in [0.1, 0.15) is 6.42 Å². The van der Waals surface area contributed by atoms with E-state index in [2.05, 4.69) is 16.9 Å². The summed E-state index contributed by atoms with van der Waals surface area (Å²) in [6, 6.07) is 8.87. The van der Waals surface area contributed by atoms with E-state index in [1.54, 1.807) is 18.3 Å². The van der Waals surface area contributed by atoms with Crippen molar-refractivity contribution in [1.29, 1.82) is 0 Å². The maximum Gasteiger partial charge on any atom is 0.252 e. The first-order chi connectivity index (χ1) is 11.4. The van der Waals surface area contributed by atoms with Crippen molar-refractivity contribution >= 4 is 27.3 Å². The summed E-state index contributed by atoms with van der Waals surface area (Å²) in [4.78, 5) is 16.1. The monoisotopic (exact) mass is 365 g/mol.